The standard InChI is InChI=1S/C18H26ClN3/c1-4-22(5-2)13-7-8-14(3)21-18-16-9-6-10-17(19)15(16)11-12-20-18/h6,9-12,14H,4-5,7-8,13H2,1-3H3,(H,20,21). The summed E-state index contributed by atoms with van der Waals surface area (Å²) in [6, 6.07) is 8.32. The molecule has 22 heavy (non-hydrogen) atoms. The van der Waals surface area contributed by atoms with Crippen LogP contribution in [0.1, 0.15) is 33.6 Å². The minimum Gasteiger partial charge on any atom is -0.367 e. The molecule has 0 bridgehead atoms. The monoisotopic (exact) mass is 319 g/mol. The molecule has 0 saturated heterocycles. The Bertz CT molecular complexity index is 596. The van der Waals surface area contributed by atoms with E-state index in [9.17, 15) is 0 Å². The Hall–Kier alpha value is -1.32. The largest absolute Gasteiger partial charge is 0.367 e. The van der Waals surface area contributed by atoms with Crippen molar-refractivity contribution in [1.29, 1.82) is 0 Å². The van der Waals surface area contributed by atoms with Crippen LogP contribution in [0.3, 0.4) is 0 Å². The molecule has 0 radical (unpaired) electrons. The van der Waals surface area contributed by atoms with E-state index >= 15 is 0 Å². The second-order valence-electron chi connectivity index (χ2n) is 5.71. The fraction of sp³-hybridized carbons (Fsp3) is 0.500. The first-order valence-electron chi connectivity index (χ1n) is 8.17. The molecule has 2 aromatic rings. The molecule has 0 saturated carbocycles. The summed E-state index contributed by atoms with van der Waals surface area (Å²) in [6.45, 7) is 10.1. The predicted octanol–water partition coefficient (Wildman–Crippen LogP) is 4.81. The van der Waals surface area contributed by atoms with E-state index in [1.54, 1.807) is 0 Å². The SMILES string of the molecule is CCN(CC)CCCC(C)Nc1nccc2c(Cl)cccc12. The van der Waals surface area contributed by atoms with Gasteiger partial charge in [0.15, 0.2) is 0 Å². The highest BCUT2D eigenvalue weighted by molar-refractivity contribution is 6.35. The first-order chi connectivity index (χ1) is 10.7. The Labute approximate surface area is 138 Å². The van der Waals surface area contributed by atoms with Gasteiger partial charge in [0.25, 0.3) is 0 Å². The summed E-state index contributed by atoms with van der Waals surface area (Å²) in [4.78, 5) is 6.94. The van der Waals surface area contributed by atoms with Gasteiger partial charge in [0, 0.05) is 28.0 Å². The van der Waals surface area contributed by atoms with Gasteiger partial charge >= 0.3 is 0 Å². The molecule has 1 unspecified atom stereocenters. The lowest BCUT2D eigenvalue weighted by atomic mass is 10.1. The van der Waals surface area contributed by atoms with Gasteiger partial charge < -0.3 is 10.2 Å². The van der Waals surface area contributed by atoms with Crippen molar-refractivity contribution in [1.82, 2.24) is 9.88 Å². The third-order valence-electron chi connectivity index (χ3n) is 4.14. The lowest BCUT2D eigenvalue weighted by Gasteiger charge is -2.20. The number of aromatic nitrogens is 1. The normalized spacial score (nSPS) is 12.8. The van der Waals surface area contributed by atoms with Crippen molar-refractivity contribution in [2.75, 3.05) is 25.0 Å². The van der Waals surface area contributed by atoms with Crippen molar-refractivity contribution in [2.45, 2.75) is 39.7 Å². The van der Waals surface area contributed by atoms with Crippen LogP contribution in [-0.2, 0) is 0 Å². The van der Waals surface area contributed by atoms with Gasteiger partial charge in [0.05, 0.1) is 0 Å². The number of nitrogens with one attached hydrogen (secondary N) is 1. The highest BCUT2D eigenvalue weighted by atomic mass is 35.5. The smallest absolute Gasteiger partial charge is 0.134 e. The lowest BCUT2D eigenvalue weighted by Crippen LogP contribution is -2.25. The van der Waals surface area contributed by atoms with Crippen LogP contribution in [0.2, 0.25) is 5.02 Å². The molecular formula is C18H26ClN3. The number of fused-ring (bicyclic) bond motifs is 1. The summed E-state index contributed by atoms with van der Waals surface area (Å²) in [5, 5.41) is 6.45. The third kappa shape index (κ3) is 4.34. The summed E-state index contributed by atoms with van der Waals surface area (Å²) in [5.41, 5.74) is 0. The highest BCUT2D eigenvalue weighted by Gasteiger charge is 2.08. The van der Waals surface area contributed by atoms with Gasteiger partial charge in [-0.25, -0.2) is 4.98 Å². The number of halogens is 1. The van der Waals surface area contributed by atoms with Crippen LogP contribution in [0.25, 0.3) is 10.8 Å². The second-order valence-corrected chi connectivity index (χ2v) is 6.12. The van der Waals surface area contributed by atoms with Crippen molar-refractivity contribution in [2.24, 2.45) is 0 Å². The molecular weight excluding hydrogens is 294 g/mol. The summed E-state index contributed by atoms with van der Waals surface area (Å²) < 4.78 is 0. The van der Waals surface area contributed by atoms with E-state index in [1.807, 2.05) is 24.4 Å². The Kier molecular flexibility index (Phi) is 6.47. The van der Waals surface area contributed by atoms with Crippen LogP contribution in [0, 0.1) is 0 Å². The number of nitrogens with zero attached hydrogens (tertiary/aromatic N) is 2. The number of rotatable bonds is 8. The molecule has 2 rings (SSSR count). The van der Waals surface area contributed by atoms with Gasteiger partial charge in [-0.1, -0.05) is 37.6 Å². The van der Waals surface area contributed by atoms with E-state index in [0.29, 0.717) is 6.04 Å². The van der Waals surface area contributed by atoms with Crippen molar-refractivity contribution in [3.8, 4) is 0 Å². The zero-order valence-corrected chi connectivity index (χ0v) is 14.5. The molecule has 1 atom stereocenters. The first kappa shape index (κ1) is 17.0. The van der Waals surface area contributed by atoms with Gasteiger partial charge in [-0.15, -0.1) is 0 Å². The molecule has 0 aliphatic carbocycles. The zero-order chi connectivity index (χ0) is 15.9. The summed E-state index contributed by atoms with van der Waals surface area (Å²) in [6.07, 6.45) is 4.15. The molecule has 0 amide bonds. The number of benzene rings is 1. The molecule has 4 heteroatoms. The lowest BCUT2D eigenvalue weighted by molar-refractivity contribution is 0.295. The number of hydrogen-bond acceptors (Lipinski definition) is 3. The summed E-state index contributed by atoms with van der Waals surface area (Å²) >= 11 is 6.25. The Morgan fingerprint density at radius 1 is 1.18 bits per heavy atom. The predicted molar refractivity (Wildman–Crippen MR) is 96.9 cm³/mol. The van der Waals surface area contributed by atoms with Gasteiger partial charge in [-0.05, 0) is 51.5 Å². The van der Waals surface area contributed by atoms with Crippen molar-refractivity contribution >= 4 is 28.2 Å². The minimum atomic E-state index is 0.396. The Morgan fingerprint density at radius 3 is 2.68 bits per heavy atom. The molecule has 1 aromatic carbocycles. The van der Waals surface area contributed by atoms with Crippen LogP contribution in [0.4, 0.5) is 5.82 Å². The minimum absolute atomic E-state index is 0.396. The average molecular weight is 320 g/mol. The maximum atomic E-state index is 6.25. The van der Waals surface area contributed by atoms with Crippen LogP contribution in [0.15, 0.2) is 30.5 Å². The quantitative estimate of drug-likeness (QED) is 0.756. The molecule has 1 N–H and O–H groups in total. The maximum Gasteiger partial charge on any atom is 0.134 e. The highest BCUT2D eigenvalue weighted by Crippen LogP contribution is 2.27. The molecule has 3 nitrogen and oxygen atoms in total. The maximum absolute atomic E-state index is 6.25. The van der Waals surface area contributed by atoms with Gasteiger partial charge in [-0.2, -0.15) is 0 Å². The average Bonchev–Trinajstić information content (AvgIpc) is 2.53. The first-order valence-corrected chi connectivity index (χ1v) is 8.55. The Morgan fingerprint density at radius 2 is 1.95 bits per heavy atom. The number of anilines is 1. The van der Waals surface area contributed by atoms with E-state index in [2.05, 4.69) is 42.0 Å². The van der Waals surface area contributed by atoms with E-state index < -0.39 is 0 Å². The van der Waals surface area contributed by atoms with E-state index in [4.69, 9.17) is 11.6 Å². The topological polar surface area (TPSA) is 28.2 Å². The van der Waals surface area contributed by atoms with E-state index in [-0.39, 0.29) is 0 Å². The van der Waals surface area contributed by atoms with Crippen LogP contribution in [0.5, 0.6) is 0 Å². The van der Waals surface area contributed by atoms with Gasteiger partial charge in [0.2, 0.25) is 0 Å². The fourth-order valence-electron chi connectivity index (χ4n) is 2.75. The molecule has 0 aliphatic rings. The van der Waals surface area contributed by atoms with Crippen LogP contribution >= 0.6 is 11.6 Å². The third-order valence-corrected chi connectivity index (χ3v) is 4.47. The fourth-order valence-corrected chi connectivity index (χ4v) is 2.99. The van der Waals surface area contributed by atoms with E-state index in [0.717, 1.165) is 47.7 Å². The Balaban J connectivity index is 1.97. The molecule has 120 valence electrons. The molecule has 1 aromatic heterocycles. The summed E-state index contributed by atoms with van der Waals surface area (Å²) in [5.74, 6) is 0.926. The zero-order valence-electron chi connectivity index (χ0n) is 13.8. The van der Waals surface area contributed by atoms with Crippen LogP contribution in [-0.4, -0.2) is 35.6 Å². The van der Waals surface area contributed by atoms with Crippen LogP contribution < -0.4 is 5.32 Å². The molecule has 0 spiro atoms. The molecule has 0 fully saturated rings. The van der Waals surface area contributed by atoms with Crippen molar-refractivity contribution in [3.63, 3.8) is 0 Å². The van der Waals surface area contributed by atoms with Gasteiger partial charge in [0.1, 0.15) is 5.82 Å². The van der Waals surface area contributed by atoms with Crippen molar-refractivity contribution in [3.05, 3.63) is 35.5 Å². The second kappa shape index (κ2) is 8.35. The molecule has 1 heterocycles. The van der Waals surface area contributed by atoms with E-state index in [1.165, 1.54) is 6.42 Å². The summed E-state index contributed by atoms with van der Waals surface area (Å²) in [7, 11) is 0. The number of pyridine rings is 1. The number of hydrogen-bond donors (Lipinski definition) is 1. The van der Waals surface area contributed by atoms with Crippen molar-refractivity contribution < 1.29 is 0 Å². The van der Waals surface area contributed by atoms with Gasteiger partial charge in [-0.3, -0.25) is 0 Å². The molecule has 0 aliphatic heterocycles.